The van der Waals surface area contributed by atoms with E-state index < -0.39 is 0 Å². The van der Waals surface area contributed by atoms with E-state index in [9.17, 15) is 9.59 Å². The van der Waals surface area contributed by atoms with E-state index in [2.05, 4.69) is 11.9 Å². The van der Waals surface area contributed by atoms with Gasteiger partial charge in [0.15, 0.2) is 5.06 Å². The van der Waals surface area contributed by atoms with E-state index in [4.69, 9.17) is 4.74 Å². The van der Waals surface area contributed by atoms with Crippen LogP contribution in [-0.2, 0) is 17.9 Å². The number of carbonyl (C=O) groups is 2. The van der Waals surface area contributed by atoms with Crippen molar-refractivity contribution in [2.24, 2.45) is 0 Å². The second kappa shape index (κ2) is 6.26. The van der Waals surface area contributed by atoms with Crippen LogP contribution in [0, 0.1) is 0 Å². The number of hydrogen-bond donors (Lipinski definition) is 1. The van der Waals surface area contributed by atoms with Gasteiger partial charge in [0.2, 0.25) is 5.91 Å². The number of hydrogen-bond acceptors (Lipinski definition) is 4. The molecular formula is C17H16N2O3S. The lowest BCUT2D eigenvalue weighted by Gasteiger charge is -2.11. The number of anilines is 1. The Labute approximate surface area is 138 Å². The molecule has 6 heteroatoms. The Morgan fingerprint density at radius 1 is 1.26 bits per heavy atom. The number of methoxy groups -OCH3 is 1. The van der Waals surface area contributed by atoms with Crippen molar-refractivity contribution in [3.8, 4) is 5.06 Å². The molecule has 0 radical (unpaired) electrons. The topological polar surface area (TPSA) is 58.6 Å². The molecule has 1 aliphatic heterocycles. The molecule has 0 atom stereocenters. The first-order valence-electron chi connectivity index (χ1n) is 7.09. The Bertz CT molecular complexity index is 782. The van der Waals surface area contributed by atoms with E-state index in [1.807, 2.05) is 18.2 Å². The predicted molar refractivity (Wildman–Crippen MR) is 89.7 cm³/mol. The van der Waals surface area contributed by atoms with Crippen LogP contribution >= 0.6 is 11.3 Å². The highest BCUT2D eigenvalue weighted by Gasteiger charge is 2.22. The van der Waals surface area contributed by atoms with Gasteiger partial charge in [0.1, 0.15) is 0 Å². The van der Waals surface area contributed by atoms with Crippen LogP contribution in [0.4, 0.5) is 5.69 Å². The molecule has 0 unspecified atom stereocenters. The number of amides is 2. The average molecular weight is 328 g/mol. The van der Waals surface area contributed by atoms with Crippen LogP contribution in [-0.4, -0.2) is 23.8 Å². The minimum atomic E-state index is -0.171. The number of carbonyl (C=O) groups excluding carboxylic acids is 2. The van der Waals surface area contributed by atoms with Gasteiger partial charge in [0.25, 0.3) is 5.91 Å². The van der Waals surface area contributed by atoms with E-state index in [1.54, 1.807) is 24.1 Å². The summed E-state index contributed by atoms with van der Waals surface area (Å²) >= 11 is 1.29. The fraction of sp³-hybridized carbons (Fsp3) is 0.176. The number of benzene rings is 1. The quantitative estimate of drug-likeness (QED) is 0.878. The van der Waals surface area contributed by atoms with Gasteiger partial charge >= 0.3 is 0 Å². The third-order valence-electron chi connectivity index (χ3n) is 3.68. The van der Waals surface area contributed by atoms with Gasteiger partial charge in [-0.05, 0) is 41.5 Å². The summed E-state index contributed by atoms with van der Waals surface area (Å²) in [5, 5.41) is 3.57. The third-order valence-corrected chi connectivity index (χ3v) is 4.72. The van der Waals surface area contributed by atoms with Crippen molar-refractivity contribution in [1.29, 1.82) is 0 Å². The Balaban J connectivity index is 1.72. The van der Waals surface area contributed by atoms with E-state index in [-0.39, 0.29) is 11.8 Å². The van der Waals surface area contributed by atoms with Crippen LogP contribution in [0.5, 0.6) is 5.06 Å². The Kier molecular flexibility index (Phi) is 4.16. The monoisotopic (exact) mass is 328 g/mol. The van der Waals surface area contributed by atoms with Crippen LogP contribution in [0.2, 0.25) is 0 Å². The normalized spacial score (nSPS) is 12.7. The van der Waals surface area contributed by atoms with Crippen LogP contribution in [0.15, 0.2) is 43.0 Å². The van der Waals surface area contributed by atoms with Crippen molar-refractivity contribution >= 4 is 28.8 Å². The van der Waals surface area contributed by atoms with Gasteiger partial charge in [-0.3, -0.25) is 9.59 Å². The van der Waals surface area contributed by atoms with Gasteiger partial charge < -0.3 is 15.0 Å². The summed E-state index contributed by atoms with van der Waals surface area (Å²) in [5.41, 5.74) is 2.85. The average Bonchev–Trinajstić information content (AvgIpc) is 3.20. The maximum absolute atomic E-state index is 12.2. The molecule has 0 aliphatic carbocycles. The van der Waals surface area contributed by atoms with Crippen molar-refractivity contribution in [3.63, 3.8) is 0 Å². The van der Waals surface area contributed by atoms with Crippen molar-refractivity contribution in [3.05, 3.63) is 59.0 Å². The molecule has 1 aromatic heterocycles. The van der Waals surface area contributed by atoms with Gasteiger partial charge in [-0.1, -0.05) is 24.0 Å². The van der Waals surface area contributed by atoms with Crippen LogP contribution in [0.25, 0.3) is 0 Å². The molecule has 2 amide bonds. The summed E-state index contributed by atoms with van der Waals surface area (Å²) < 4.78 is 5.09. The minimum Gasteiger partial charge on any atom is -0.487 e. The van der Waals surface area contributed by atoms with Crippen molar-refractivity contribution in [1.82, 2.24) is 4.90 Å². The second-order valence-corrected chi connectivity index (χ2v) is 6.21. The molecule has 0 spiro atoms. The highest BCUT2D eigenvalue weighted by Crippen LogP contribution is 2.28. The molecule has 1 aliphatic rings. The molecule has 1 aromatic carbocycles. The summed E-state index contributed by atoms with van der Waals surface area (Å²) in [6.07, 6.45) is 1.32. The van der Waals surface area contributed by atoms with E-state index in [0.717, 1.165) is 11.1 Å². The summed E-state index contributed by atoms with van der Waals surface area (Å²) in [6, 6.07) is 9.20. The van der Waals surface area contributed by atoms with E-state index in [0.29, 0.717) is 28.7 Å². The molecule has 0 saturated carbocycles. The maximum Gasteiger partial charge on any atom is 0.265 e. The van der Waals surface area contributed by atoms with Gasteiger partial charge in [-0.15, -0.1) is 0 Å². The molecule has 0 fully saturated rings. The first-order valence-corrected chi connectivity index (χ1v) is 7.90. The van der Waals surface area contributed by atoms with Crippen molar-refractivity contribution in [2.45, 2.75) is 13.1 Å². The Hall–Kier alpha value is -2.60. The van der Waals surface area contributed by atoms with Gasteiger partial charge in [0.05, 0.1) is 12.0 Å². The Morgan fingerprint density at radius 2 is 2.04 bits per heavy atom. The molecular weight excluding hydrogens is 312 g/mol. The smallest absolute Gasteiger partial charge is 0.265 e. The minimum absolute atomic E-state index is 0.0857. The summed E-state index contributed by atoms with van der Waals surface area (Å²) in [5.74, 6) is -0.257. The number of rotatable bonds is 4. The zero-order chi connectivity index (χ0) is 16.4. The molecule has 1 N–H and O–H groups in total. The van der Waals surface area contributed by atoms with Crippen molar-refractivity contribution < 1.29 is 14.3 Å². The fourth-order valence-corrected chi connectivity index (χ4v) is 3.22. The van der Waals surface area contributed by atoms with Gasteiger partial charge in [-0.2, -0.15) is 0 Å². The highest BCUT2D eigenvalue weighted by atomic mass is 32.1. The maximum atomic E-state index is 12.2. The number of nitrogens with zero attached hydrogens (tertiary/aromatic N) is 1. The first kappa shape index (κ1) is 15.3. The molecule has 0 bridgehead atoms. The van der Waals surface area contributed by atoms with Crippen LogP contribution in [0.1, 0.15) is 20.8 Å². The zero-order valence-electron chi connectivity index (χ0n) is 12.7. The number of thiophene rings is 1. The lowest BCUT2D eigenvalue weighted by molar-refractivity contribution is -0.126. The molecule has 118 valence electrons. The Morgan fingerprint density at radius 3 is 2.74 bits per heavy atom. The largest absolute Gasteiger partial charge is 0.487 e. The summed E-state index contributed by atoms with van der Waals surface area (Å²) in [4.78, 5) is 26.2. The SMILES string of the molecule is C=CC(=O)N1Cc2ccc(NC(=O)c3ccc(OC)s3)cc2C1. The number of ether oxygens (including phenoxy) is 1. The number of fused-ring (bicyclic) bond motifs is 1. The van der Waals surface area contributed by atoms with Gasteiger partial charge in [-0.25, -0.2) is 0 Å². The van der Waals surface area contributed by atoms with Crippen molar-refractivity contribution in [2.75, 3.05) is 12.4 Å². The van der Waals surface area contributed by atoms with Crippen LogP contribution in [0.3, 0.4) is 0 Å². The standard InChI is InChI=1S/C17H16N2O3S/c1-3-15(20)19-9-11-4-5-13(8-12(11)10-19)18-17(21)14-6-7-16(22-2)23-14/h3-8H,1,9-10H2,2H3,(H,18,21). The molecule has 3 rings (SSSR count). The predicted octanol–water partition coefficient (Wildman–Crippen LogP) is 3.04. The summed E-state index contributed by atoms with van der Waals surface area (Å²) in [6.45, 7) is 4.63. The van der Waals surface area contributed by atoms with Crippen LogP contribution < -0.4 is 10.1 Å². The lowest BCUT2D eigenvalue weighted by atomic mass is 10.1. The zero-order valence-corrected chi connectivity index (χ0v) is 13.5. The molecule has 2 heterocycles. The van der Waals surface area contributed by atoms with E-state index in [1.165, 1.54) is 17.4 Å². The molecule has 23 heavy (non-hydrogen) atoms. The summed E-state index contributed by atoms with van der Waals surface area (Å²) in [7, 11) is 1.57. The molecule has 2 aromatic rings. The lowest BCUT2D eigenvalue weighted by Crippen LogP contribution is -2.22. The van der Waals surface area contributed by atoms with E-state index >= 15 is 0 Å². The molecule has 5 nitrogen and oxygen atoms in total. The highest BCUT2D eigenvalue weighted by molar-refractivity contribution is 7.15. The third kappa shape index (κ3) is 3.12. The fourth-order valence-electron chi connectivity index (χ4n) is 2.50. The van der Waals surface area contributed by atoms with Gasteiger partial charge in [0, 0.05) is 18.8 Å². The molecule has 0 saturated heterocycles. The number of nitrogens with one attached hydrogen (secondary N) is 1. The second-order valence-electron chi connectivity index (χ2n) is 5.16. The first-order chi connectivity index (χ1) is 11.1.